The summed E-state index contributed by atoms with van der Waals surface area (Å²) in [6.07, 6.45) is 1.05. The largest absolute Gasteiger partial charge is 1.00 e. The van der Waals surface area contributed by atoms with E-state index in [9.17, 15) is 0 Å². The molecule has 0 N–H and O–H groups in total. The molecule has 5 aromatic rings. The first-order valence-electron chi connectivity index (χ1n) is 13.5. The molecule has 0 aromatic heterocycles. The molecule has 0 fully saturated rings. The first-order valence-corrected chi connectivity index (χ1v) is 14.7. The van der Waals surface area contributed by atoms with Crippen LogP contribution in [0.1, 0.15) is 72.9 Å². The van der Waals surface area contributed by atoms with E-state index >= 15 is 0 Å². The van der Waals surface area contributed by atoms with Crippen LogP contribution in [0.2, 0.25) is 0 Å². The Labute approximate surface area is 268 Å². The molecule has 0 unspecified atom stereocenters. The van der Waals surface area contributed by atoms with Gasteiger partial charge in [0.05, 0.1) is 0 Å². The van der Waals surface area contributed by atoms with Crippen LogP contribution in [0.25, 0.3) is 11.1 Å². The average Bonchev–Trinajstić information content (AvgIpc) is 3.65. The van der Waals surface area contributed by atoms with E-state index in [0.29, 0.717) is 11.8 Å². The van der Waals surface area contributed by atoms with E-state index < -0.39 is 0 Å². The predicted octanol–water partition coefficient (Wildman–Crippen LogP) is 3.52. The minimum Gasteiger partial charge on any atom is -1.00 e. The van der Waals surface area contributed by atoms with Crippen LogP contribution in [0.4, 0.5) is 0 Å². The Balaban J connectivity index is 0.000000239. The summed E-state index contributed by atoms with van der Waals surface area (Å²) in [7, 11) is 0. The van der Waals surface area contributed by atoms with E-state index in [-0.39, 0.29) is 24.8 Å². The van der Waals surface area contributed by atoms with E-state index in [2.05, 4.69) is 119 Å². The van der Waals surface area contributed by atoms with Gasteiger partial charge in [-0.25, -0.2) is 12.1 Å². The normalized spacial score (nSPS) is 10.6. The van der Waals surface area contributed by atoms with Crippen molar-refractivity contribution in [3.05, 3.63) is 161 Å². The number of benzene rings is 4. The molecule has 6 rings (SSSR count). The zero-order valence-electron chi connectivity index (χ0n) is 23.7. The second-order valence-corrected chi connectivity index (χ2v) is 11.5. The van der Waals surface area contributed by atoms with Gasteiger partial charge < -0.3 is 24.8 Å². The van der Waals surface area contributed by atoms with Crippen LogP contribution in [0, 0.1) is 6.07 Å². The maximum Gasteiger partial charge on any atom is -0.0253 e. The van der Waals surface area contributed by atoms with Crippen molar-refractivity contribution < 1.29 is 49.0 Å². The summed E-state index contributed by atoms with van der Waals surface area (Å²) in [4.78, 5) is 0. The molecule has 0 bridgehead atoms. The standard InChI is InChI=1S/C19H22.C13H9.C5H5.2ClH.Zr/c1-14(2)18-9-5-16(6-10-18)13-17-7-11-19(12-8-17)15(3)4;1-3-7-12-10(5-1)9-11-6-2-4-8-13(11)12;1-2-4-5-3-1;;;/h5-12,14-15H,1-4H3;1-5,7-8H,9H2;1-5H;2*1H;/q;2*-1;;;+2/p-2. The molecule has 0 spiro atoms. The van der Waals surface area contributed by atoms with Crippen molar-refractivity contribution in [3.63, 3.8) is 0 Å². The molecule has 0 aliphatic heterocycles. The third-order valence-corrected chi connectivity index (χ3v) is 8.32. The Hall–Kier alpha value is -2.44. The van der Waals surface area contributed by atoms with Gasteiger partial charge in [-0.3, -0.25) is 0 Å². The molecule has 0 saturated heterocycles. The van der Waals surface area contributed by atoms with Crippen LogP contribution in [-0.4, -0.2) is 3.21 Å². The molecule has 204 valence electrons. The van der Waals surface area contributed by atoms with Gasteiger partial charge in [-0.05, 0) is 6.42 Å². The van der Waals surface area contributed by atoms with E-state index in [1.165, 1.54) is 71.9 Å². The molecule has 5 aromatic carbocycles. The number of hydrogen-bond acceptors (Lipinski definition) is 0. The van der Waals surface area contributed by atoms with Crippen molar-refractivity contribution >= 4 is 3.21 Å². The van der Waals surface area contributed by atoms with Crippen molar-refractivity contribution in [1.29, 1.82) is 0 Å². The number of halogens is 2. The molecule has 40 heavy (non-hydrogen) atoms. The summed E-state index contributed by atoms with van der Waals surface area (Å²) in [6.45, 7) is 8.95. The van der Waals surface area contributed by atoms with Crippen LogP contribution in [0.3, 0.4) is 0 Å². The van der Waals surface area contributed by atoms with Crippen LogP contribution in [0.15, 0.2) is 121 Å². The second kappa shape index (κ2) is 16.7. The molecule has 1 aliphatic rings. The number of rotatable bonds is 4. The SMILES string of the molecule is CC(C)c1ccc([C](=[Zr+2])c2ccc(C(C)C)cc2)cc1.[Cl-].[Cl-].[c-]1cccc2c1Cc1ccccc1-2.c1cc[cH-]c1. The Morgan fingerprint density at radius 3 is 1.62 bits per heavy atom. The molecule has 0 atom stereocenters. The summed E-state index contributed by atoms with van der Waals surface area (Å²) in [5.41, 5.74) is 11.0. The summed E-state index contributed by atoms with van der Waals surface area (Å²) >= 11 is 1.47. The van der Waals surface area contributed by atoms with Crippen LogP contribution < -0.4 is 24.8 Å². The molecule has 0 heterocycles. The van der Waals surface area contributed by atoms with Crippen molar-refractivity contribution in [2.45, 2.75) is 46.0 Å². The maximum absolute atomic E-state index is 3.30. The molecule has 3 heteroatoms. The van der Waals surface area contributed by atoms with Gasteiger partial charge in [0.25, 0.3) is 0 Å². The topological polar surface area (TPSA) is 0 Å². The fourth-order valence-corrected chi connectivity index (χ4v) is 5.37. The minimum atomic E-state index is 0. The van der Waals surface area contributed by atoms with Crippen molar-refractivity contribution in [1.82, 2.24) is 0 Å². The molecule has 1 aliphatic carbocycles. The van der Waals surface area contributed by atoms with Crippen molar-refractivity contribution in [2.75, 3.05) is 0 Å². The Kier molecular flexibility index (Phi) is 14.1. The first-order chi connectivity index (χ1) is 18.4. The summed E-state index contributed by atoms with van der Waals surface area (Å²) in [5.74, 6) is 1.20. The summed E-state index contributed by atoms with van der Waals surface area (Å²) in [6, 6.07) is 46.2. The van der Waals surface area contributed by atoms with Gasteiger partial charge >= 0.3 is 138 Å². The zero-order valence-corrected chi connectivity index (χ0v) is 27.6. The predicted molar refractivity (Wildman–Crippen MR) is 160 cm³/mol. The molecular formula is C37H36Cl2Zr-2. The van der Waals surface area contributed by atoms with E-state index in [1.807, 2.05) is 36.4 Å². The maximum atomic E-state index is 3.30. The molecule has 0 saturated carbocycles. The Bertz CT molecular complexity index is 1320. The van der Waals surface area contributed by atoms with E-state index in [1.54, 1.807) is 0 Å². The zero-order chi connectivity index (χ0) is 26.9. The summed E-state index contributed by atoms with van der Waals surface area (Å²) in [5, 5.41) is 0. The van der Waals surface area contributed by atoms with Crippen LogP contribution in [-0.2, 0) is 30.7 Å². The van der Waals surface area contributed by atoms with Gasteiger partial charge in [0.15, 0.2) is 0 Å². The third-order valence-electron chi connectivity index (χ3n) is 6.90. The Morgan fingerprint density at radius 1 is 0.650 bits per heavy atom. The summed E-state index contributed by atoms with van der Waals surface area (Å²) < 4.78 is 1.43. The minimum absolute atomic E-state index is 0. The van der Waals surface area contributed by atoms with Gasteiger partial charge in [-0.1, -0.05) is 35.4 Å². The van der Waals surface area contributed by atoms with Crippen molar-refractivity contribution in [2.24, 2.45) is 0 Å². The van der Waals surface area contributed by atoms with Gasteiger partial charge in [0.2, 0.25) is 0 Å². The van der Waals surface area contributed by atoms with Gasteiger partial charge in [0, 0.05) is 0 Å². The van der Waals surface area contributed by atoms with Crippen LogP contribution in [0.5, 0.6) is 0 Å². The fraction of sp³-hybridized carbons (Fsp3) is 0.189. The van der Waals surface area contributed by atoms with E-state index in [0.717, 1.165) is 6.42 Å². The third kappa shape index (κ3) is 9.04. The van der Waals surface area contributed by atoms with Gasteiger partial charge in [0.1, 0.15) is 0 Å². The monoisotopic (exact) mass is 640 g/mol. The first kappa shape index (κ1) is 33.8. The van der Waals surface area contributed by atoms with E-state index in [4.69, 9.17) is 0 Å². The van der Waals surface area contributed by atoms with Gasteiger partial charge in [-0.2, -0.15) is 48.0 Å². The molecular weight excluding hydrogens is 607 g/mol. The fourth-order valence-electron chi connectivity index (χ4n) is 4.55. The van der Waals surface area contributed by atoms with Crippen molar-refractivity contribution in [3.8, 4) is 11.1 Å². The number of fused-ring (bicyclic) bond motifs is 3. The average molecular weight is 643 g/mol. The van der Waals surface area contributed by atoms with Crippen LogP contribution >= 0.6 is 0 Å². The number of hydrogen-bond donors (Lipinski definition) is 0. The quantitative estimate of drug-likeness (QED) is 0.259. The molecule has 0 nitrogen and oxygen atoms in total. The Morgan fingerprint density at radius 2 is 1.15 bits per heavy atom. The van der Waals surface area contributed by atoms with Gasteiger partial charge in [-0.15, -0.1) is 5.56 Å². The second-order valence-electron chi connectivity index (χ2n) is 10.3. The smallest absolute Gasteiger partial charge is 0.0253 e. The molecule has 0 amide bonds. The molecule has 0 radical (unpaired) electrons.